The van der Waals surface area contributed by atoms with Gasteiger partial charge in [0.15, 0.2) is 5.79 Å². The second-order valence-corrected chi connectivity index (χ2v) is 6.19. The molecule has 0 radical (unpaired) electrons. The molecule has 22 heavy (non-hydrogen) atoms. The molecule has 0 aliphatic rings. The summed E-state index contributed by atoms with van der Waals surface area (Å²) in [5, 5.41) is 11.4. The van der Waals surface area contributed by atoms with Crippen LogP contribution < -0.4 is 4.74 Å². The van der Waals surface area contributed by atoms with Gasteiger partial charge in [0.05, 0.1) is 11.1 Å². The maximum atomic E-state index is 10.4. The second kappa shape index (κ2) is 6.88. The monoisotopic (exact) mass is 340 g/mol. The van der Waals surface area contributed by atoms with E-state index < -0.39 is 5.79 Å². The average molecular weight is 341 g/mol. The Morgan fingerprint density at radius 1 is 1.00 bits per heavy atom. The van der Waals surface area contributed by atoms with Crippen LogP contribution in [0.4, 0.5) is 0 Å². The molecule has 0 amide bonds. The Morgan fingerprint density at radius 3 is 2.14 bits per heavy atom. The molecule has 2 rings (SSSR count). The lowest BCUT2D eigenvalue weighted by molar-refractivity contribution is -0.219. The maximum Gasteiger partial charge on any atom is 0.191 e. The molecule has 0 fully saturated rings. The minimum absolute atomic E-state index is 0.129. The largest absolute Gasteiger partial charge is 0.457 e. The van der Waals surface area contributed by atoms with Crippen LogP contribution >= 0.6 is 23.2 Å². The molecule has 0 spiro atoms. The van der Waals surface area contributed by atoms with E-state index in [1.54, 1.807) is 49.4 Å². The molecule has 0 saturated carbocycles. The van der Waals surface area contributed by atoms with E-state index in [0.717, 1.165) is 0 Å². The first-order chi connectivity index (χ1) is 10.3. The highest BCUT2D eigenvalue weighted by Crippen LogP contribution is 2.34. The fourth-order valence-corrected chi connectivity index (χ4v) is 2.57. The number of halogens is 2. The van der Waals surface area contributed by atoms with Gasteiger partial charge in [-0.2, -0.15) is 0 Å². The van der Waals surface area contributed by atoms with Crippen LogP contribution in [0.25, 0.3) is 0 Å². The van der Waals surface area contributed by atoms with Gasteiger partial charge in [-0.05, 0) is 63.2 Å². The van der Waals surface area contributed by atoms with Crippen molar-refractivity contribution in [1.29, 1.82) is 0 Å². The van der Waals surface area contributed by atoms with Crippen molar-refractivity contribution >= 4 is 23.2 Å². The number of hydrogen-bond acceptors (Lipinski definition) is 3. The molecule has 0 aliphatic heterocycles. The summed E-state index contributed by atoms with van der Waals surface area (Å²) < 4.78 is 11.2. The topological polar surface area (TPSA) is 38.7 Å². The lowest BCUT2D eigenvalue weighted by Crippen LogP contribution is -2.29. The Morgan fingerprint density at radius 2 is 1.59 bits per heavy atom. The number of hydrogen-bond donors (Lipinski definition) is 1. The van der Waals surface area contributed by atoms with Crippen LogP contribution in [-0.2, 0) is 10.5 Å². The minimum Gasteiger partial charge on any atom is -0.457 e. The van der Waals surface area contributed by atoms with Crippen LogP contribution in [0.5, 0.6) is 11.5 Å². The highest BCUT2D eigenvalue weighted by Gasteiger charge is 2.28. The number of rotatable bonds is 5. The van der Waals surface area contributed by atoms with E-state index in [4.69, 9.17) is 32.7 Å². The van der Waals surface area contributed by atoms with Crippen LogP contribution in [0.1, 0.15) is 26.3 Å². The third kappa shape index (κ3) is 4.37. The zero-order valence-electron chi connectivity index (χ0n) is 12.6. The average Bonchev–Trinajstić information content (AvgIpc) is 2.39. The third-order valence-corrected chi connectivity index (χ3v) is 3.52. The zero-order chi connectivity index (χ0) is 16.3. The van der Waals surface area contributed by atoms with Gasteiger partial charge in [0, 0.05) is 10.6 Å². The van der Waals surface area contributed by atoms with Gasteiger partial charge in [-0.15, -0.1) is 0 Å². The van der Waals surface area contributed by atoms with Crippen molar-refractivity contribution in [2.24, 2.45) is 0 Å². The number of benzene rings is 2. The molecular formula is C17H18Cl2O3. The Kier molecular flexibility index (Phi) is 5.35. The summed E-state index contributed by atoms with van der Waals surface area (Å²) in [6, 6.07) is 12.1. The van der Waals surface area contributed by atoms with Crippen molar-refractivity contribution in [2.45, 2.75) is 32.7 Å². The van der Waals surface area contributed by atoms with Crippen molar-refractivity contribution in [3.63, 3.8) is 0 Å². The van der Waals surface area contributed by atoms with Gasteiger partial charge in [-0.3, -0.25) is 0 Å². The lowest BCUT2D eigenvalue weighted by Gasteiger charge is -2.27. The van der Waals surface area contributed by atoms with E-state index in [2.05, 4.69) is 0 Å². The Bertz CT molecular complexity index is 637. The van der Waals surface area contributed by atoms with Gasteiger partial charge in [-0.1, -0.05) is 23.2 Å². The summed E-state index contributed by atoms with van der Waals surface area (Å²) in [4.78, 5) is 0. The summed E-state index contributed by atoms with van der Waals surface area (Å²) in [5.41, 5.74) is 0.492. The van der Waals surface area contributed by atoms with Crippen LogP contribution in [0.3, 0.4) is 0 Å². The van der Waals surface area contributed by atoms with Gasteiger partial charge in [-0.25, -0.2) is 0 Å². The molecule has 5 heteroatoms. The molecule has 2 aromatic rings. The van der Waals surface area contributed by atoms with Crippen molar-refractivity contribution in [2.75, 3.05) is 0 Å². The quantitative estimate of drug-likeness (QED) is 0.743. The molecule has 1 N–H and O–H groups in total. The van der Waals surface area contributed by atoms with Crippen LogP contribution in [0.15, 0.2) is 42.5 Å². The molecule has 1 atom stereocenters. The van der Waals surface area contributed by atoms with E-state index in [1.807, 2.05) is 13.8 Å². The van der Waals surface area contributed by atoms with Gasteiger partial charge in [0.1, 0.15) is 11.5 Å². The fourth-order valence-electron chi connectivity index (χ4n) is 2.10. The number of aliphatic hydroxyl groups is 1. The van der Waals surface area contributed by atoms with Gasteiger partial charge >= 0.3 is 0 Å². The summed E-state index contributed by atoms with van der Waals surface area (Å²) in [7, 11) is 0. The molecule has 1 unspecified atom stereocenters. The van der Waals surface area contributed by atoms with Crippen molar-refractivity contribution < 1.29 is 14.6 Å². The molecule has 3 nitrogen and oxygen atoms in total. The molecular weight excluding hydrogens is 323 g/mol. The second-order valence-electron chi connectivity index (χ2n) is 5.35. The van der Waals surface area contributed by atoms with Gasteiger partial charge < -0.3 is 14.6 Å². The predicted octanol–water partition coefficient (Wildman–Crippen LogP) is 5.38. The summed E-state index contributed by atoms with van der Waals surface area (Å²) in [6.45, 7) is 5.26. The molecule has 0 aliphatic carbocycles. The third-order valence-electron chi connectivity index (χ3n) is 2.95. The SMILES string of the molecule is CC(C)OC(C)(O)c1ccc(Oc2ccc(Cl)cc2)cc1Cl. The first kappa shape index (κ1) is 17.1. The zero-order valence-corrected chi connectivity index (χ0v) is 14.2. The van der Waals surface area contributed by atoms with E-state index in [9.17, 15) is 5.11 Å². The molecule has 0 bridgehead atoms. The van der Waals surface area contributed by atoms with Crippen LogP contribution in [-0.4, -0.2) is 11.2 Å². The van der Waals surface area contributed by atoms with E-state index in [-0.39, 0.29) is 6.10 Å². The smallest absolute Gasteiger partial charge is 0.191 e. The maximum absolute atomic E-state index is 10.4. The Balaban J connectivity index is 2.20. The van der Waals surface area contributed by atoms with Crippen LogP contribution in [0, 0.1) is 0 Å². The minimum atomic E-state index is -1.45. The Hall–Kier alpha value is -1.26. The first-order valence-electron chi connectivity index (χ1n) is 6.91. The molecule has 118 valence electrons. The molecule has 0 heterocycles. The molecule has 0 saturated heterocycles. The highest BCUT2D eigenvalue weighted by molar-refractivity contribution is 6.31. The highest BCUT2D eigenvalue weighted by atomic mass is 35.5. The summed E-state index contributed by atoms with van der Waals surface area (Å²) in [6.07, 6.45) is -0.129. The van der Waals surface area contributed by atoms with Gasteiger partial charge in [0.2, 0.25) is 0 Å². The normalized spacial score (nSPS) is 14.0. The van der Waals surface area contributed by atoms with Crippen molar-refractivity contribution in [1.82, 2.24) is 0 Å². The summed E-state index contributed by atoms with van der Waals surface area (Å²) >= 11 is 12.1. The van der Waals surface area contributed by atoms with E-state index >= 15 is 0 Å². The molecule has 0 aromatic heterocycles. The fraction of sp³-hybridized carbons (Fsp3) is 0.294. The van der Waals surface area contributed by atoms with Crippen molar-refractivity contribution in [3.8, 4) is 11.5 Å². The van der Waals surface area contributed by atoms with Crippen molar-refractivity contribution in [3.05, 3.63) is 58.1 Å². The van der Waals surface area contributed by atoms with Crippen LogP contribution in [0.2, 0.25) is 10.0 Å². The standard InChI is InChI=1S/C17H18Cl2O3/c1-11(2)22-17(3,20)15-9-8-14(10-16(15)19)21-13-6-4-12(18)5-7-13/h4-11,20H,1-3H3. The predicted molar refractivity (Wildman–Crippen MR) is 88.8 cm³/mol. The molecule has 2 aromatic carbocycles. The van der Waals surface area contributed by atoms with E-state index in [0.29, 0.717) is 27.1 Å². The number of ether oxygens (including phenoxy) is 2. The summed E-state index contributed by atoms with van der Waals surface area (Å²) in [5.74, 6) is -0.237. The van der Waals surface area contributed by atoms with Gasteiger partial charge in [0.25, 0.3) is 0 Å². The lowest BCUT2D eigenvalue weighted by atomic mass is 10.1. The first-order valence-corrected chi connectivity index (χ1v) is 7.67. The Labute approximate surface area is 140 Å². The van der Waals surface area contributed by atoms with E-state index in [1.165, 1.54) is 0 Å².